The van der Waals surface area contributed by atoms with Gasteiger partial charge in [-0.15, -0.1) is 0 Å². The Hall–Kier alpha value is -2.95. The highest BCUT2D eigenvalue weighted by molar-refractivity contribution is 5.95. The second kappa shape index (κ2) is 7.58. The maximum Gasteiger partial charge on any atom is 0.257 e. The SMILES string of the molecule is Cc1noc(-c2ccc(C(=O)N(Cc3ccc(C(C)C)cc3)C3CC3)cc2)n1. The number of aryl methyl sites for hydroxylation is 1. The van der Waals surface area contributed by atoms with E-state index in [9.17, 15) is 4.79 Å². The molecule has 1 fully saturated rings. The van der Waals surface area contributed by atoms with Crippen molar-refractivity contribution in [1.29, 1.82) is 0 Å². The molecule has 0 bridgehead atoms. The number of benzene rings is 2. The van der Waals surface area contributed by atoms with E-state index in [1.54, 1.807) is 6.92 Å². The van der Waals surface area contributed by atoms with Crippen LogP contribution in [0.2, 0.25) is 0 Å². The minimum atomic E-state index is 0.0729. The number of carbonyl (C=O) groups excluding carboxylic acids is 1. The summed E-state index contributed by atoms with van der Waals surface area (Å²) in [5.74, 6) is 1.65. The summed E-state index contributed by atoms with van der Waals surface area (Å²) in [6.45, 7) is 6.81. The average molecular weight is 375 g/mol. The van der Waals surface area contributed by atoms with Crippen LogP contribution in [0.25, 0.3) is 11.5 Å². The minimum Gasteiger partial charge on any atom is -0.334 e. The molecule has 1 saturated carbocycles. The number of aromatic nitrogens is 2. The molecular formula is C23H25N3O2. The lowest BCUT2D eigenvalue weighted by Crippen LogP contribution is -2.32. The van der Waals surface area contributed by atoms with E-state index >= 15 is 0 Å². The van der Waals surface area contributed by atoms with Gasteiger partial charge in [0.1, 0.15) is 0 Å². The molecule has 2 aromatic carbocycles. The van der Waals surface area contributed by atoms with E-state index in [0.717, 1.165) is 18.4 Å². The zero-order valence-corrected chi connectivity index (χ0v) is 16.6. The molecule has 5 nitrogen and oxygen atoms in total. The van der Waals surface area contributed by atoms with Crippen molar-refractivity contribution in [3.8, 4) is 11.5 Å². The molecule has 0 aliphatic heterocycles. The van der Waals surface area contributed by atoms with Crippen molar-refractivity contribution in [2.45, 2.75) is 52.1 Å². The number of carbonyl (C=O) groups is 1. The molecule has 0 spiro atoms. The quantitative estimate of drug-likeness (QED) is 0.610. The molecule has 28 heavy (non-hydrogen) atoms. The summed E-state index contributed by atoms with van der Waals surface area (Å²) >= 11 is 0. The van der Waals surface area contributed by atoms with Crippen LogP contribution in [-0.2, 0) is 6.54 Å². The van der Waals surface area contributed by atoms with E-state index in [4.69, 9.17) is 4.52 Å². The predicted molar refractivity (Wildman–Crippen MR) is 108 cm³/mol. The van der Waals surface area contributed by atoms with Crippen LogP contribution < -0.4 is 0 Å². The summed E-state index contributed by atoms with van der Waals surface area (Å²) in [6, 6.07) is 16.4. The standard InChI is InChI=1S/C23H25N3O2/c1-15(2)18-6-4-17(5-7-18)14-26(21-12-13-21)23(27)20-10-8-19(9-11-20)22-24-16(3)25-28-22/h4-11,15,21H,12-14H2,1-3H3. The van der Waals surface area contributed by atoms with Gasteiger partial charge in [0.2, 0.25) is 0 Å². The first kappa shape index (κ1) is 18.4. The number of amides is 1. The Bertz CT molecular complexity index is 954. The van der Waals surface area contributed by atoms with Crippen molar-refractivity contribution in [2.24, 2.45) is 0 Å². The van der Waals surface area contributed by atoms with Gasteiger partial charge in [-0.1, -0.05) is 43.3 Å². The molecule has 0 N–H and O–H groups in total. The normalized spacial score (nSPS) is 13.7. The van der Waals surface area contributed by atoms with E-state index in [0.29, 0.717) is 35.8 Å². The van der Waals surface area contributed by atoms with Crippen molar-refractivity contribution in [1.82, 2.24) is 15.0 Å². The van der Waals surface area contributed by atoms with Gasteiger partial charge in [0, 0.05) is 23.7 Å². The highest BCUT2D eigenvalue weighted by Gasteiger charge is 2.33. The molecular weight excluding hydrogens is 350 g/mol. The molecule has 0 atom stereocenters. The predicted octanol–water partition coefficient (Wildman–Crippen LogP) is 4.97. The van der Waals surface area contributed by atoms with Crippen molar-refractivity contribution < 1.29 is 9.32 Å². The Kier molecular flexibility index (Phi) is 4.99. The van der Waals surface area contributed by atoms with Gasteiger partial charge in [0.05, 0.1) is 0 Å². The van der Waals surface area contributed by atoms with Gasteiger partial charge in [-0.2, -0.15) is 4.98 Å². The highest BCUT2D eigenvalue weighted by atomic mass is 16.5. The van der Waals surface area contributed by atoms with Crippen LogP contribution in [0.5, 0.6) is 0 Å². The maximum absolute atomic E-state index is 13.1. The first-order valence-electron chi connectivity index (χ1n) is 9.82. The fourth-order valence-corrected chi connectivity index (χ4v) is 3.29. The second-order valence-corrected chi connectivity index (χ2v) is 7.78. The molecule has 4 rings (SSSR count). The largest absolute Gasteiger partial charge is 0.334 e. The fourth-order valence-electron chi connectivity index (χ4n) is 3.29. The Morgan fingerprint density at radius 3 is 2.32 bits per heavy atom. The number of rotatable bonds is 6. The van der Waals surface area contributed by atoms with Gasteiger partial charge >= 0.3 is 0 Å². The summed E-state index contributed by atoms with van der Waals surface area (Å²) in [6.07, 6.45) is 2.16. The zero-order valence-electron chi connectivity index (χ0n) is 16.6. The summed E-state index contributed by atoms with van der Waals surface area (Å²) in [7, 11) is 0. The van der Waals surface area contributed by atoms with Crippen LogP contribution in [0.3, 0.4) is 0 Å². The zero-order chi connectivity index (χ0) is 19.7. The van der Waals surface area contributed by atoms with Crippen LogP contribution in [0, 0.1) is 6.92 Å². The second-order valence-electron chi connectivity index (χ2n) is 7.78. The van der Waals surface area contributed by atoms with Crippen molar-refractivity contribution in [3.05, 3.63) is 71.0 Å². The lowest BCUT2D eigenvalue weighted by molar-refractivity contribution is 0.0730. The molecule has 0 radical (unpaired) electrons. The molecule has 0 unspecified atom stereocenters. The average Bonchev–Trinajstić information content (AvgIpc) is 3.46. The van der Waals surface area contributed by atoms with Gasteiger partial charge in [-0.25, -0.2) is 0 Å². The number of nitrogens with zero attached hydrogens (tertiary/aromatic N) is 3. The maximum atomic E-state index is 13.1. The van der Waals surface area contributed by atoms with Gasteiger partial charge < -0.3 is 9.42 Å². The van der Waals surface area contributed by atoms with Crippen molar-refractivity contribution >= 4 is 5.91 Å². The van der Waals surface area contributed by atoms with Gasteiger partial charge in [0.15, 0.2) is 5.82 Å². The molecule has 1 aromatic heterocycles. The topological polar surface area (TPSA) is 59.2 Å². The molecule has 1 aliphatic rings. The Labute approximate surface area is 165 Å². The summed E-state index contributed by atoms with van der Waals surface area (Å²) < 4.78 is 5.20. The Morgan fingerprint density at radius 2 is 1.79 bits per heavy atom. The van der Waals surface area contributed by atoms with E-state index < -0.39 is 0 Å². The third-order valence-electron chi connectivity index (χ3n) is 5.15. The van der Waals surface area contributed by atoms with Crippen LogP contribution in [-0.4, -0.2) is 27.0 Å². The van der Waals surface area contributed by atoms with E-state index in [-0.39, 0.29) is 5.91 Å². The minimum absolute atomic E-state index is 0.0729. The smallest absolute Gasteiger partial charge is 0.257 e. The van der Waals surface area contributed by atoms with Crippen molar-refractivity contribution in [2.75, 3.05) is 0 Å². The molecule has 1 heterocycles. The fraction of sp³-hybridized carbons (Fsp3) is 0.348. The van der Waals surface area contributed by atoms with Gasteiger partial charge in [0.25, 0.3) is 11.8 Å². The van der Waals surface area contributed by atoms with E-state index in [2.05, 4.69) is 48.3 Å². The molecule has 5 heteroatoms. The van der Waals surface area contributed by atoms with Crippen LogP contribution in [0.15, 0.2) is 53.1 Å². The monoisotopic (exact) mass is 375 g/mol. The number of hydrogen-bond donors (Lipinski definition) is 0. The molecule has 144 valence electrons. The van der Waals surface area contributed by atoms with Crippen LogP contribution >= 0.6 is 0 Å². The lowest BCUT2D eigenvalue weighted by Gasteiger charge is -2.23. The molecule has 1 aliphatic carbocycles. The lowest BCUT2D eigenvalue weighted by atomic mass is 10.0. The molecule has 1 amide bonds. The third-order valence-corrected chi connectivity index (χ3v) is 5.15. The summed E-state index contributed by atoms with van der Waals surface area (Å²) in [5, 5.41) is 3.81. The molecule has 0 saturated heterocycles. The Balaban J connectivity index is 1.50. The number of hydrogen-bond acceptors (Lipinski definition) is 4. The van der Waals surface area contributed by atoms with Crippen LogP contribution in [0.1, 0.15) is 59.9 Å². The Morgan fingerprint density at radius 1 is 1.11 bits per heavy atom. The summed E-state index contributed by atoms with van der Waals surface area (Å²) in [5.41, 5.74) is 3.99. The van der Waals surface area contributed by atoms with Gasteiger partial charge in [-0.05, 0) is 61.1 Å². The third kappa shape index (κ3) is 3.98. The van der Waals surface area contributed by atoms with E-state index in [1.165, 1.54) is 11.1 Å². The van der Waals surface area contributed by atoms with E-state index in [1.807, 2.05) is 29.2 Å². The first-order chi connectivity index (χ1) is 13.5. The summed E-state index contributed by atoms with van der Waals surface area (Å²) in [4.78, 5) is 19.4. The highest BCUT2D eigenvalue weighted by Crippen LogP contribution is 2.30. The first-order valence-corrected chi connectivity index (χ1v) is 9.82. The van der Waals surface area contributed by atoms with Crippen molar-refractivity contribution in [3.63, 3.8) is 0 Å². The van der Waals surface area contributed by atoms with Gasteiger partial charge in [-0.3, -0.25) is 4.79 Å². The van der Waals surface area contributed by atoms with Crippen LogP contribution in [0.4, 0.5) is 0 Å². The molecule has 3 aromatic rings.